The number of rotatable bonds is 4. The first-order chi connectivity index (χ1) is 9.40. The molecule has 0 spiro atoms. The fourth-order valence-corrected chi connectivity index (χ4v) is 3.00. The number of nitrogens with one attached hydrogen (secondary N) is 1. The van der Waals surface area contributed by atoms with Crippen molar-refractivity contribution in [1.29, 1.82) is 0 Å². The Morgan fingerprint density at radius 2 is 1.65 bits per heavy atom. The first-order valence-electron chi connectivity index (χ1n) is 6.34. The predicted molar refractivity (Wildman–Crippen MR) is 81.0 cm³/mol. The van der Waals surface area contributed by atoms with Gasteiger partial charge in [-0.25, -0.2) is 8.42 Å². The molecule has 0 aliphatic heterocycles. The molecule has 3 N–H and O–H groups in total. The average molecular weight is 290 g/mol. The number of nitrogens with two attached hydrogens (primary N) is 1. The molecular weight excluding hydrogens is 272 g/mol. The Labute approximate surface area is 119 Å². The van der Waals surface area contributed by atoms with E-state index in [9.17, 15) is 8.42 Å². The van der Waals surface area contributed by atoms with E-state index >= 15 is 0 Å². The molecule has 0 saturated carbocycles. The van der Waals surface area contributed by atoms with Crippen molar-refractivity contribution in [3.05, 3.63) is 59.7 Å². The molecular formula is C15H18N2O2S. The largest absolute Gasteiger partial charge is 0.324 e. The quantitative estimate of drug-likeness (QED) is 0.909. The monoisotopic (exact) mass is 290 g/mol. The zero-order valence-electron chi connectivity index (χ0n) is 11.5. The smallest absolute Gasteiger partial charge is 0.261 e. The van der Waals surface area contributed by atoms with Gasteiger partial charge in [0.1, 0.15) is 0 Å². The number of aryl methyl sites for hydroxylation is 1. The van der Waals surface area contributed by atoms with Crippen LogP contribution in [0, 0.1) is 6.92 Å². The summed E-state index contributed by atoms with van der Waals surface area (Å²) in [5, 5.41) is 0. The van der Waals surface area contributed by atoms with Crippen molar-refractivity contribution in [2.75, 3.05) is 4.72 Å². The Morgan fingerprint density at radius 1 is 1.05 bits per heavy atom. The molecule has 0 heterocycles. The molecule has 1 unspecified atom stereocenters. The van der Waals surface area contributed by atoms with Gasteiger partial charge in [0.2, 0.25) is 0 Å². The van der Waals surface area contributed by atoms with E-state index in [2.05, 4.69) is 4.72 Å². The number of anilines is 1. The van der Waals surface area contributed by atoms with Crippen molar-refractivity contribution < 1.29 is 8.42 Å². The molecule has 2 aromatic rings. The number of hydrogen-bond acceptors (Lipinski definition) is 3. The second-order valence-electron chi connectivity index (χ2n) is 4.79. The van der Waals surface area contributed by atoms with Crippen LogP contribution in [0.25, 0.3) is 0 Å². The number of hydrogen-bond donors (Lipinski definition) is 2. The molecule has 0 aliphatic rings. The predicted octanol–water partition coefficient (Wildman–Crippen LogP) is 2.82. The highest BCUT2D eigenvalue weighted by molar-refractivity contribution is 7.92. The van der Waals surface area contributed by atoms with Crippen LogP contribution in [-0.2, 0) is 10.0 Å². The molecule has 20 heavy (non-hydrogen) atoms. The third-order valence-electron chi connectivity index (χ3n) is 3.03. The lowest BCUT2D eigenvalue weighted by Crippen LogP contribution is -2.16. The van der Waals surface area contributed by atoms with E-state index in [0.29, 0.717) is 5.69 Å². The van der Waals surface area contributed by atoms with Gasteiger partial charge in [-0.15, -0.1) is 0 Å². The van der Waals surface area contributed by atoms with Gasteiger partial charge in [-0.3, -0.25) is 4.72 Å². The number of sulfonamides is 1. The fourth-order valence-electron chi connectivity index (χ4n) is 1.91. The summed E-state index contributed by atoms with van der Waals surface area (Å²) in [6.45, 7) is 3.73. The van der Waals surface area contributed by atoms with Crippen LogP contribution in [-0.4, -0.2) is 8.42 Å². The third-order valence-corrected chi connectivity index (χ3v) is 4.41. The molecule has 0 fully saturated rings. The summed E-state index contributed by atoms with van der Waals surface area (Å²) in [6.07, 6.45) is 0. The van der Waals surface area contributed by atoms with Gasteiger partial charge < -0.3 is 5.73 Å². The summed E-state index contributed by atoms with van der Waals surface area (Å²) in [5.41, 5.74) is 8.15. The molecule has 5 heteroatoms. The Kier molecular flexibility index (Phi) is 4.11. The molecule has 106 valence electrons. The van der Waals surface area contributed by atoms with Crippen LogP contribution in [0.3, 0.4) is 0 Å². The molecule has 0 bridgehead atoms. The first kappa shape index (κ1) is 14.6. The van der Waals surface area contributed by atoms with Gasteiger partial charge >= 0.3 is 0 Å². The van der Waals surface area contributed by atoms with Crippen LogP contribution >= 0.6 is 0 Å². The third kappa shape index (κ3) is 3.18. The molecule has 0 amide bonds. The van der Waals surface area contributed by atoms with Crippen molar-refractivity contribution in [2.45, 2.75) is 24.8 Å². The standard InChI is InChI=1S/C15H18N2O2S/c1-11-7-9-13(10-8-11)20(18,19)17-15-6-4-3-5-14(15)12(2)16/h3-10,12,17H,16H2,1-2H3. The SMILES string of the molecule is Cc1ccc(S(=O)(=O)Nc2ccccc2C(C)N)cc1. The highest BCUT2D eigenvalue weighted by atomic mass is 32.2. The Bertz CT molecular complexity index is 692. The minimum Gasteiger partial charge on any atom is -0.324 e. The molecule has 1 atom stereocenters. The fraction of sp³-hybridized carbons (Fsp3) is 0.200. The second kappa shape index (κ2) is 5.64. The Morgan fingerprint density at radius 3 is 2.25 bits per heavy atom. The van der Waals surface area contributed by atoms with Gasteiger partial charge in [0.25, 0.3) is 10.0 Å². The molecule has 2 aromatic carbocycles. The van der Waals surface area contributed by atoms with Crippen LogP contribution in [0.5, 0.6) is 0 Å². The number of benzene rings is 2. The van der Waals surface area contributed by atoms with Crippen molar-refractivity contribution in [3.63, 3.8) is 0 Å². The summed E-state index contributed by atoms with van der Waals surface area (Å²) in [5.74, 6) is 0. The molecule has 0 aromatic heterocycles. The summed E-state index contributed by atoms with van der Waals surface area (Å²) < 4.78 is 27.3. The zero-order chi connectivity index (χ0) is 14.8. The van der Waals surface area contributed by atoms with Crippen LogP contribution < -0.4 is 10.5 Å². The van der Waals surface area contributed by atoms with Crippen molar-refractivity contribution in [1.82, 2.24) is 0 Å². The second-order valence-corrected chi connectivity index (χ2v) is 6.48. The van der Waals surface area contributed by atoms with E-state index in [1.807, 2.05) is 26.0 Å². The number of para-hydroxylation sites is 1. The Balaban J connectivity index is 2.36. The summed E-state index contributed by atoms with van der Waals surface area (Å²) in [7, 11) is -3.59. The highest BCUT2D eigenvalue weighted by Gasteiger charge is 2.16. The van der Waals surface area contributed by atoms with Crippen LogP contribution in [0.1, 0.15) is 24.1 Å². The average Bonchev–Trinajstić information content (AvgIpc) is 2.39. The molecule has 0 aliphatic carbocycles. The van der Waals surface area contributed by atoms with E-state index in [4.69, 9.17) is 5.73 Å². The maximum Gasteiger partial charge on any atom is 0.261 e. The lowest BCUT2D eigenvalue weighted by Gasteiger charge is -2.14. The molecule has 4 nitrogen and oxygen atoms in total. The molecule has 2 rings (SSSR count). The Hall–Kier alpha value is -1.85. The first-order valence-corrected chi connectivity index (χ1v) is 7.82. The zero-order valence-corrected chi connectivity index (χ0v) is 12.3. The maximum absolute atomic E-state index is 12.3. The molecule has 0 radical (unpaired) electrons. The minimum atomic E-state index is -3.59. The van der Waals surface area contributed by atoms with E-state index in [1.165, 1.54) is 0 Å². The summed E-state index contributed by atoms with van der Waals surface area (Å²) >= 11 is 0. The van der Waals surface area contributed by atoms with Gasteiger partial charge in [-0.2, -0.15) is 0 Å². The van der Waals surface area contributed by atoms with E-state index < -0.39 is 10.0 Å². The van der Waals surface area contributed by atoms with Crippen LogP contribution in [0.2, 0.25) is 0 Å². The van der Waals surface area contributed by atoms with Gasteiger partial charge in [-0.1, -0.05) is 35.9 Å². The van der Waals surface area contributed by atoms with Gasteiger partial charge in [0, 0.05) is 6.04 Å². The van der Waals surface area contributed by atoms with Gasteiger partial charge in [0.15, 0.2) is 0 Å². The topological polar surface area (TPSA) is 72.2 Å². The van der Waals surface area contributed by atoms with E-state index in [-0.39, 0.29) is 10.9 Å². The summed E-state index contributed by atoms with van der Waals surface area (Å²) in [4.78, 5) is 0.238. The van der Waals surface area contributed by atoms with Crippen molar-refractivity contribution in [3.8, 4) is 0 Å². The van der Waals surface area contributed by atoms with Crippen molar-refractivity contribution >= 4 is 15.7 Å². The van der Waals surface area contributed by atoms with Gasteiger partial charge in [0.05, 0.1) is 10.6 Å². The molecule has 0 saturated heterocycles. The minimum absolute atomic E-state index is 0.238. The van der Waals surface area contributed by atoms with E-state index in [1.54, 1.807) is 36.4 Å². The summed E-state index contributed by atoms with van der Waals surface area (Å²) in [6, 6.07) is 13.6. The lowest BCUT2D eigenvalue weighted by atomic mass is 10.1. The van der Waals surface area contributed by atoms with E-state index in [0.717, 1.165) is 11.1 Å². The normalized spacial score (nSPS) is 12.9. The van der Waals surface area contributed by atoms with Crippen LogP contribution in [0.4, 0.5) is 5.69 Å². The maximum atomic E-state index is 12.3. The highest BCUT2D eigenvalue weighted by Crippen LogP contribution is 2.24. The lowest BCUT2D eigenvalue weighted by molar-refractivity contribution is 0.601. The van der Waals surface area contributed by atoms with Crippen molar-refractivity contribution in [2.24, 2.45) is 5.73 Å². The van der Waals surface area contributed by atoms with Gasteiger partial charge in [-0.05, 0) is 37.6 Å². The van der Waals surface area contributed by atoms with Crippen LogP contribution in [0.15, 0.2) is 53.4 Å².